The van der Waals surface area contributed by atoms with Gasteiger partial charge >= 0.3 is 0 Å². The first kappa shape index (κ1) is 15.5. The van der Waals surface area contributed by atoms with Crippen LogP contribution < -0.4 is 11.1 Å². The molecule has 3 nitrogen and oxygen atoms in total. The number of halogens is 1. The summed E-state index contributed by atoms with van der Waals surface area (Å²) in [7, 11) is 0. The highest BCUT2D eigenvalue weighted by molar-refractivity contribution is 9.10. The second-order valence-corrected chi connectivity index (χ2v) is 6.47. The van der Waals surface area contributed by atoms with E-state index in [1.165, 1.54) is 6.42 Å². The lowest BCUT2D eigenvalue weighted by Gasteiger charge is -2.21. The van der Waals surface area contributed by atoms with Crippen molar-refractivity contribution in [1.82, 2.24) is 0 Å². The highest BCUT2D eigenvalue weighted by Gasteiger charge is 2.27. The zero-order valence-electron chi connectivity index (χ0n) is 12.0. The average Bonchev–Trinajstić information content (AvgIpc) is 2.65. The van der Waals surface area contributed by atoms with Gasteiger partial charge in [-0.25, -0.2) is 0 Å². The average molecular weight is 339 g/mol. The van der Waals surface area contributed by atoms with Gasteiger partial charge in [-0.2, -0.15) is 0 Å². The maximum Gasteiger partial charge on any atom is 0.229 e. The zero-order chi connectivity index (χ0) is 14.5. The Labute approximate surface area is 129 Å². The molecule has 4 heteroatoms. The standard InChI is InChI=1S/C16H23BrN2O/c1-2-11-10-12(17)8-9-15(11)19-16(20)13-6-4-3-5-7-14(13)18/h8-10,13-14H,2-7,18H2,1H3,(H,19,20). The molecule has 0 bridgehead atoms. The lowest BCUT2D eigenvalue weighted by Crippen LogP contribution is -2.38. The van der Waals surface area contributed by atoms with Crippen LogP contribution in [0.5, 0.6) is 0 Å². The molecule has 0 aromatic heterocycles. The number of hydrogen-bond acceptors (Lipinski definition) is 2. The van der Waals surface area contributed by atoms with Crippen molar-refractivity contribution in [3.8, 4) is 0 Å². The summed E-state index contributed by atoms with van der Waals surface area (Å²) in [5.41, 5.74) is 8.22. The first-order valence-corrected chi connectivity index (χ1v) is 8.26. The Hall–Kier alpha value is -0.870. The fourth-order valence-corrected chi connectivity index (χ4v) is 3.27. The maximum atomic E-state index is 12.5. The molecule has 1 aromatic rings. The summed E-state index contributed by atoms with van der Waals surface area (Å²) in [5.74, 6) is 0.0299. The number of carbonyl (C=O) groups excluding carboxylic acids is 1. The number of rotatable bonds is 3. The van der Waals surface area contributed by atoms with Gasteiger partial charge in [0.25, 0.3) is 0 Å². The van der Waals surface area contributed by atoms with Crippen molar-refractivity contribution < 1.29 is 4.79 Å². The summed E-state index contributed by atoms with van der Waals surface area (Å²) in [6, 6.07) is 5.98. The Morgan fingerprint density at radius 1 is 1.35 bits per heavy atom. The summed E-state index contributed by atoms with van der Waals surface area (Å²) >= 11 is 3.47. The number of aryl methyl sites for hydroxylation is 1. The van der Waals surface area contributed by atoms with Crippen LogP contribution in [0.3, 0.4) is 0 Å². The lowest BCUT2D eigenvalue weighted by atomic mass is 9.94. The Morgan fingerprint density at radius 2 is 2.10 bits per heavy atom. The third-order valence-corrected chi connectivity index (χ3v) is 4.61. The minimum Gasteiger partial charge on any atom is -0.327 e. The van der Waals surface area contributed by atoms with Crippen molar-refractivity contribution in [1.29, 1.82) is 0 Å². The predicted octanol–water partition coefficient (Wildman–Crippen LogP) is 3.86. The van der Waals surface area contributed by atoms with E-state index in [1.807, 2.05) is 12.1 Å². The van der Waals surface area contributed by atoms with Crippen LogP contribution in [-0.4, -0.2) is 11.9 Å². The molecular weight excluding hydrogens is 316 g/mol. The number of anilines is 1. The van der Waals surface area contributed by atoms with E-state index >= 15 is 0 Å². The molecule has 1 aromatic carbocycles. The van der Waals surface area contributed by atoms with Gasteiger partial charge in [0.1, 0.15) is 0 Å². The number of carbonyl (C=O) groups is 1. The number of benzene rings is 1. The molecule has 1 fully saturated rings. The van der Waals surface area contributed by atoms with Gasteiger partial charge in [0.05, 0.1) is 5.92 Å². The van der Waals surface area contributed by atoms with E-state index in [9.17, 15) is 4.79 Å². The van der Waals surface area contributed by atoms with E-state index in [-0.39, 0.29) is 17.9 Å². The van der Waals surface area contributed by atoms with E-state index in [4.69, 9.17) is 5.73 Å². The molecule has 0 aliphatic heterocycles. The van der Waals surface area contributed by atoms with E-state index in [1.54, 1.807) is 0 Å². The minimum atomic E-state index is -0.0501. The molecule has 20 heavy (non-hydrogen) atoms. The first-order chi connectivity index (χ1) is 9.61. The monoisotopic (exact) mass is 338 g/mol. The molecule has 0 saturated heterocycles. The molecule has 2 rings (SSSR count). The molecule has 2 atom stereocenters. The summed E-state index contributed by atoms with van der Waals surface area (Å²) < 4.78 is 1.04. The quantitative estimate of drug-likeness (QED) is 0.822. The third kappa shape index (κ3) is 3.83. The van der Waals surface area contributed by atoms with Gasteiger partial charge in [0.15, 0.2) is 0 Å². The molecule has 2 unspecified atom stereocenters. The van der Waals surface area contributed by atoms with Crippen LogP contribution in [0.1, 0.15) is 44.6 Å². The van der Waals surface area contributed by atoms with Gasteiger partial charge in [-0.05, 0) is 43.0 Å². The van der Waals surface area contributed by atoms with Crippen LogP contribution in [-0.2, 0) is 11.2 Å². The van der Waals surface area contributed by atoms with E-state index in [2.05, 4.69) is 34.2 Å². The van der Waals surface area contributed by atoms with Crippen molar-refractivity contribution in [3.05, 3.63) is 28.2 Å². The van der Waals surface area contributed by atoms with Gasteiger partial charge in [-0.3, -0.25) is 4.79 Å². The summed E-state index contributed by atoms with van der Waals surface area (Å²) in [6.45, 7) is 2.09. The Balaban J connectivity index is 2.10. The van der Waals surface area contributed by atoms with Crippen molar-refractivity contribution in [3.63, 3.8) is 0 Å². The summed E-state index contributed by atoms with van der Waals surface area (Å²) in [4.78, 5) is 12.5. The van der Waals surface area contributed by atoms with Crippen LogP contribution in [0.2, 0.25) is 0 Å². The van der Waals surface area contributed by atoms with Gasteiger partial charge in [0, 0.05) is 16.2 Å². The van der Waals surface area contributed by atoms with Crippen molar-refractivity contribution >= 4 is 27.5 Å². The lowest BCUT2D eigenvalue weighted by molar-refractivity contribution is -0.120. The zero-order valence-corrected chi connectivity index (χ0v) is 13.6. The number of amides is 1. The molecule has 110 valence electrons. The van der Waals surface area contributed by atoms with Gasteiger partial charge in [-0.15, -0.1) is 0 Å². The van der Waals surface area contributed by atoms with Crippen molar-refractivity contribution in [2.45, 2.75) is 51.5 Å². The summed E-state index contributed by atoms with van der Waals surface area (Å²) in [6.07, 6.45) is 6.20. The van der Waals surface area contributed by atoms with Gasteiger partial charge in [-0.1, -0.05) is 42.1 Å². The van der Waals surface area contributed by atoms with E-state index in [0.29, 0.717) is 0 Å². The Morgan fingerprint density at radius 3 is 2.85 bits per heavy atom. The topological polar surface area (TPSA) is 55.1 Å². The fourth-order valence-electron chi connectivity index (χ4n) is 2.86. The second-order valence-electron chi connectivity index (χ2n) is 5.55. The molecule has 3 N–H and O–H groups in total. The van der Waals surface area contributed by atoms with Crippen LogP contribution >= 0.6 is 15.9 Å². The van der Waals surface area contributed by atoms with Crippen LogP contribution in [0, 0.1) is 5.92 Å². The van der Waals surface area contributed by atoms with Gasteiger partial charge in [0.2, 0.25) is 5.91 Å². The largest absolute Gasteiger partial charge is 0.327 e. The molecule has 1 amide bonds. The van der Waals surface area contributed by atoms with Gasteiger partial charge < -0.3 is 11.1 Å². The third-order valence-electron chi connectivity index (χ3n) is 4.11. The molecule has 0 heterocycles. The molecule has 1 aliphatic rings. The Kier molecular flexibility index (Phi) is 5.61. The van der Waals surface area contributed by atoms with E-state index in [0.717, 1.165) is 47.8 Å². The molecule has 1 aliphatic carbocycles. The number of nitrogens with two attached hydrogens (primary N) is 1. The molecule has 0 radical (unpaired) electrons. The Bertz CT molecular complexity index is 476. The normalized spacial score (nSPS) is 23.1. The smallest absolute Gasteiger partial charge is 0.229 e. The molecule has 0 spiro atoms. The predicted molar refractivity (Wildman–Crippen MR) is 86.7 cm³/mol. The number of hydrogen-bond donors (Lipinski definition) is 2. The highest BCUT2D eigenvalue weighted by atomic mass is 79.9. The fraction of sp³-hybridized carbons (Fsp3) is 0.562. The summed E-state index contributed by atoms with van der Waals surface area (Å²) in [5, 5.41) is 3.08. The maximum absolute atomic E-state index is 12.5. The SMILES string of the molecule is CCc1cc(Br)ccc1NC(=O)C1CCCCCC1N. The van der Waals surface area contributed by atoms with Crippen molar-refractivity contribution in [2.24, 2.45) is 11.7 Å². The molecule has 1 saturated carbocycles. The van der Waals surface area contributed by atoms with Crippen LogP contribution in [0.15, 0.2) is 22.7 Å². The first-order valence-electron chi connectivity index (χ1n) is 7.46. The van der Waals surface area contributed by atoms with Crippen LogP contribution in [0.4, 0.5) is 5.69 Å². The van der Waals surface area contributed by atoms with Crippen molar-refractivity contribution in [2.75, 3.05) is 5.32 Å². The van der Waals surface area contributed by atoms with E-state index < -0.39 is 0 Å². The molecular formula is C16H23BrN2O. The second kappa shape index (κ2) is 7.23. The number of nitrogens with one attached hydrogen (secondary N) is 1. The van der Waals surface area contributed by atoms with Crippen LogP contribution in [0.25, 0.3) is 0 Å². The minimum absolute atomic E-state index is 0.00183. The highest BCUT2D eigenvalue weighted by Crippen LogP contribution is 2.26.